The molecule has 0 fully saturated rings. The molecule has 0 aliphatic rings. The van der Waals surface area contributed by atoms with Gasteiger partial charge in [-0.2, -0.15) is 0 Å². The highest BCUT2D eigenvalue weighted by atomic mass is 32.1. The Balaban J connectivity index is 2.98. The van der Waals surface area contributed by atoms with Gasteiger partial charge in [0.05, 0.1) is 18.6 Å². The molecule has 0 aliphatic carbocycles. The molecule has 1 aromatic carbocycles. The average molecular weight is 270 g/mol. The number of likely N-dealkylation sites (N-methyl/N-ethyl adjacent to an activating group) is 1. The summed E-state index contributed by atoms with van der Waals surface area (Å²) in [4.78, 5) is 13.8. The number of methoxy groups -OCH3 is 1. The van der Waals surface area contributed by atoms with E-state index in [2.05, 4.69) is 0 Å². The van der Waals surface area contributed by atoms with Gasteiger partial charge in [-0.15, -0.1) is 0 Å². The predicted octanol–water partition coefficient (Wildman–Crippen LogP) is 1.58. The summed E-state index contributed by atoms with van der Waals surface area (Å²) in [5, 5.41) is 0. The van der Waals surface area contributed by atoms with Crippen molar-refractivity contribution in [3.63, 3.8) is 0 Å². The van der Waals surface area contributed by atoms with Crippen LogP contribution in [-0.2, 0) is 0 Å². The number of nitrogens with two attached hydrogens (primary N) is 1. The van der Waals surface area contributed by atoms with Crippen molar-refractivity contribution < 1.29 is 13.9 Å². The van der Waals surface area contributed by atoms with E-state index in [1.807, 2.05) is 6.92 Å². The van der Waals surface area contributed by atoms with Crippen LogP contribution in [-0.4, -0.2) is 36.0 Å². The van der Waals surface area contributed by atoms with Gasteiger partial charge < -0.3 is 15.4 Å². The Morgan fingerprint density at radius 1 is 1.56 bits per heavy atom. The molecule has 0 radical (unpaired) electrons. The number of hydrogen-bond donors (Lipinski definition) is 1. The molecule has 2 N–H and O–H groups in total. The second-order valence-electron chi connectivity index (χ2n) is 3.63. The molecule has 0 aromatic heterocycles. The Labute approximate surface area is 111 Å². The third-order valence-corrected chi connectivity index (χ3v) is 2.54. The third-order valence-electron chi connectivity index (χ3n) is 2.41. The van der Waals surface area contributed by atoms with Crippen LogP contribution in [0.15, 0.2) is 18.2 Å². The van der Waals surface area contributed by atoms with Crippen molar-refractivity contribution in [1.82, 2.24) is 4.90 Å². The van der Waals surface area contributed by atoms with Gasteiger partial charge in [-0.25, -0.2) is 4.39 Å². The molecular weight excluding hydrogens is 255 g/mol. The first kappa shape index (κ1) is 14.4. The van der Waals surface area contributed by atoms with Crippen molar-refractivity contribution in [2.24, 2.45) is 5.73 Å². The van der Waals surface area contributed by atoms with Gasteiger partial charge in [0.1, 0.15) is 0 Å². The van der Waals surface area contributed by atoms with E-state index < -0.39 is 5.82 Å². The zero-order valence-corrected chi connectivity index (χ0v) is 11.1. The summed E-state index contributed by atoms with van der Waals surface area (Å²) < 4.78 is 18.1. The number of rotatable bonds is 5. The molecule has 0 saturated carbocycles. The van der Waals surface area contributed by atoms with Gasteiger partial charge in [0, 0.05) is 12.1 Å². The molecule has 98 valence electrons. The Bertz CT molecular complexity index is 465. The fourth-order valence-electron chi connectivity index (χ4n) is 1.49. The van der Waals surface area contributed by atoms with Gasteiger partial charge in [0.15, 0.2) is 11.6 Å². The van der Waals surface area contributed by atoms with Gasteiger partial charge in [-0.3, -0.25) is 4.79 Å². The van der Waals surface area contributed by atoms with Crippen molar-refractivity contribution >= 4 is 23.1 Å². The lowest BCUT2D eigenvalue weighted by molar-refractivity contribution is 0.0787. The molecule has 0 heterocycles. The first-order chi connectivity index (χ1) is 8.49. The molecule has 0 aliphatic heterocycles. The lowest BCUT2D eigenvalue weighted by atomic mass is 10.2. The van der Waals surface area contributed by atoms with Gasteiger partial charge in [-0.05, 0) is 25.1 Å². The first-order valence-corrected chi connectivity index (χ1v) is 5.81. The smallest absolute Gasteiger partial charge is 0.254 e. The summed E-state index contributed by atoms with van der Waals surface area (Å²) in [6, 6.07) is 3.96. The highest BCUT2D eigenvalue weighted by molar-refractivity contribution is 7.80. The summed E-state index contributed by atoms with van der Waals surface area (Å²) in [6.07, 6.45) is 0. The number of ether oxygens (including phenoxy) is 1. The van der Waals surface area contributed by atoms with E-state index in [9.17, 15) is 9.18 Å². The van der Waals surface area contributed by atoms with Crippen molar-refractivity contribution in [3.8, 4) is 5.75 Å². The van der Waals surface area contributed by atoms with E-state index in [4.69, 9.17) is 22.7 Å². The number of hydrogen-bond acceptors (Lipinski definition) is 3. The molecule has 0 bridgehead atoms. The fourth-order valence-corrected chi connectivity index (χ4v) is 1.65. The molecular formula is C12H15FN2O2S. The van der Waals surface area contributed by atoms with Crippen molar-refractivity contribution in [2.75, 3.05) is 20.2 Å². The van der Waals surface area contributed by atoms with E-state index in [1.54, 1.807) is 0 Å². The minimum atomic E-state index is -0.508. The van der Waals surface area contributed by atoms with Gasteiger partial charge in [-0.1, -0.05) is 12.2 Å². The molecule has 0 atom stereocenters. The zero-order chi connectivity index (χ0) is 13.7. The summed E-state index contributed by atoms with van der Waals surface area (Å²) in [5.74, 6) is -0.734. The molecule has 1 amide bonds. The normalized spacial score (nSPS) is 9.94. The van der Waals surface area contributed by atoms with Crippen LogP contribution in [0, 0.1) is 5.82 Å². The fraction of sp³-hybridized carbons (Fsp3) is 0.333. The largest absolute Gasteiger partial charge is 0.494 e. The molecule has 0 saturated heterocycles. The van der Waals surface area contributed by atoms with Crippen LogP contribution in [0.3, 0.4) is 0 Å². The van der Waals surface area contributed by atoms with Crippen LogP contribution in [0.25, 0.3) is 0 Å². The van der Waals surface area contributed by atoms with E-state index in [1.165, 1.54) is 30.2 Å². The number of carbonyl (C=O) groups is 1. The number of benzene rings is 1. The SMILES string of the molecule is CCN(CC(N)=S)C(=O)c1ccc(F)c(OC)c1. The minimum Gasteiger partial charge on any atom is -0.494 e. The molecule has 0 spiro atoms. The summed E-state index contributed by atoms with van der Waals surface area (Å²) in [5.41, 5.74) is 5.76. The highest BCUT2D eigenvalue weighted by Crippen LogP contribution is 2.19. The van der Waals surface area contributed by atoms with Gasteiger partial charge in [0.2, 0.25) is 0 Å². The van der Waals surface area contributed by atoms with Crippen LogP contribution < -0.4 is 10.5 Å². The first-order valence-electron chi connectivity index (χ1n) is 5.40. The average Bonchev–Trinajstić information content (AvgIpc) is 2.35. The lowest BCUT2D eigenvalue weighted by Gasteiger charge is -2.20. The van der Waals surface area contributed by atoms with Crippen LogP contribution in [0.5, 0.6) is 5.75 Å². The van der Waals surface area contributed by atoms with Gasteiger partial charge >= 0.3 is 0 Å². The summed E-state index contributed by atoms with van der Waals surface area (Å²) >= 11 is 4.78. The molecule has 4 nitrogen and oxygen atoms in total. The summed E-state index contributed by atoms with van der Waals surface area (Å²) in [7, 11) is 1.35. The Morgan fingerprint density at radius 3 is 2.72 bits per heavy atom. The van der Waals surface area contributed by atoms with E-state index in [0.29, 0.717) is 12.1 Å². The number of nitrogens with zero attached hydrogens (tertiary/aromatic N) is 1. The number of halogens is 1. The second kappa shape index (κ2) is 6.30. The van der Waals surface area contributed by atoms with Crippen molar-refractivity contribution in [2.45, 2.75) is 6.92 Å². The predicted molar refractivity (Wildman–Crippen MR) is 71.3 cm³/mol. The van der Waals surface area contributed by atoms with E-state index >= 15 is 0 Å². The maximum Gasteiger partial charge on any atom is 0.254 e. The van der Waals surface area contributed by atoms with E-state index in [0.717, 1.165) is 0 Å². The van der Waals surface area contributed by atoms with E-state index in [-0.39, 0.29) is 23.2 Å². The van der Waals surface area contributed by atoms with Gasteiger partial charge in [0.25, 0.3) is 5.91 Å². The Morgan fingerprint density at radius 2 is 2.22 bits per heavy atom. The Kier molecular flexibility index (Phi) is 5.03. The maximum absolute atomic E-state index is 13.2. The topological polar surface area (TPSA) is 55.6 Å². The maximum atomic E-state index is 13.2. The van der Waals surface area contributed by atoms with Crippen LogP contribution >= 0.6 is 12.2 Å². The molecule has 18 heavy (non-hydrogen) atoms. The minimum absolute atomic E-state index is 0.0345. The Hall–Kier alpha value is -1.69. The highest BCUT2D eigenvalue weighted by Gasteiger charge is 2.16. The van der Waals surface area contributed by atoms with Crippen LogP contribution in [0.2, 0.25) is 0 Å². The monoisotopic (exact) mass is 270 g/mol. The molecule has 1 rings (SSSR count). The van der Waals surface area contributed by atoms with Crippen LogP contribution in [0.1, 0.15) is 17.3 Å². The quantitative estimate of drug-likeness (QED) is 0.825. The molecule has 1 aromatic rings. The third kappa shape index (κ3) is 3.40. The number of thiocarbonyl (C=S) groups is 1. The number of carbonyl (C=O) groups excluding carboxylic acids is 1. The molecule has 6 heteroatoms. The van der Waals surface area contributed by atoms with Crippen molar-refractivity contribution in [3.05, 3.63) is 29.6 Å². The lowest BCUT2D eigenvalue weighted by Crippen LogP contribution is -2.37. The second-order valence-corrected chi connectivity index (χ2v) is 4.16. The standard InChI is InChI=1S/C12H15FN2O2S/c1-3-15(7-11(14)18)12(16)8-4-5-9(13)10(6-8)17-2/h4-6H,3,7H2,1-2H3,(H2,14,18). The zero-order valence-electron chi connectivity index (χ0n) is 10.3. The van der Waals surface area contributed by atoms with Crippen molar-refractivity contribution in [1.29, 1.82) is 0 Å². The molecule has 0 unspecified atom stereocenters. The van der Waals surface area contributed by atoms with Crippen LogP contribution in [0.4, 0.5) is 4.39 Å². The summed E-state index contributed by atoms with van der Waals surface area (Å²) in [6.45, 7) is 2.48. The number of amides is 1.